The van der Waals surface area contributed by atoms with Crippen LogP contribution in [0.4, 0.5) is 17.1 Å². The molecule has 0 aliphatic rings. The molecule has 12 aromatic carbocycles. The summed E-state index contributed by atoms with van der Waals surface area (Å²) in [6, 6.07) is 95.2. The minimum atomic E-state index is 1.09. The lowest BCUT2D eigenvalue weighted by molar-refractivity contribution is 1.28. The van der Waals surface area contributed by atoms with E-state index >= 15 is 0 Å². The van der Waals surface area contributed by atoms with Gasteiger partial charge < -0.3 is 4.90 Å². The Hall–Kier alpha value is -8.52. The van der Waals surface area contributed by atoms with E-state index in [1.54, 1.807) is 0 Å². The molecule has 65 heavy (non-hydrogen) atoms. The van der Waals surface area contributed by atoms with Crippen LogP contribution >= 0.6 is 0 Å². The van der Waals surface area contributed by atoms with Gasteiger partial charge in [-0.05, 0) is 141 Å². The molecule has 0 heterocycles. The van der Waals surface area contributed by atoms with Gasteiger partial charge in [0.05, 0.1) is 0 Å². The molecule has 304 valence electrons. The normalized spacial score (nSPS) is 11.4. The summed E-state index contributed by atoms with van der Waals surface area (Å²) in [4.78, 5) is 2.38. The highest BCUT2D eigenvalue weighted by Gasteiger charge is 2.17. The Kier molecular flexibility index (Phi) is 9.58. The van der Waals surface area contributed by atoms with Gasteiger partial charge in [0.15, 0.2) is 0 Å². The number of benzene rings is 12. The van der Waals surface area contributed by atoms with E-state index in [1.165, 1.54) is 98.7 Å². The molecule has 0 atom stereocenters. The van der Waals surface area contributed by atoms with Gasteiger partial charge in [0.2, 0.25) is 0 Å². The molecule has 0 aliphatic carbocycles. The summed E-state index contributed by atoms with van der Waals surface area (Å²) >= 11 is 0. The smallest absolute Gasteiger partial charge is 0.0462 e. The zero-order valence-electron chi connectivity index (χ0n) is 35.8. The van der Waals surface area contributed by atoms with Gasteiger partial charge in [0, 0.05) is 17.1 Å². The number of anilines is 3. The molecule has 12 rings (SSSR count). The van der Waals surface area contributed by atoms with Gasteiger partial charge >= 0.3 is 0 Å². The van der Waals surface area contributed by atoms with Crippen molar-refractivity contribution < 1.29 is 0 Å². The third kappa shape index (κ3) is 7.01. The fourth-order valence-electron chi connectivity index (χ4n) is 9.87. The summed E-state index contributed by atoms with van der Waals surface area (Å²) in [5.74, 6) is 0. The molecule has 0 spiro atoms. The standard InChI is InChI=1S/C64H43N/c1-2-13-47(14-3-1)60-42-35-48-16-5-9-21-59(48)64(60)51-33-40-55(41-34-51)65(54-38-31-50(32-39-54)63-43-52-17-6-8-20-58(52)61-22-10-11-23-62(61)63)53-36-29-45(30-37-53)44-25-27-49(28-26-44)57-24-12-18-46-15-4-7-19-56(46)57/h1-43H. The molecule has 12 aromatic rings. The lowest BCUT2D eigenvalue weighted by Gasteiger charge is -2.26. The zero-order chi connectivity index (χ0) is 43.1. The average Bonchev–Trinajstić information content (AvgIpc) is 3.39. The maximum absolute atomic E-state index is 2.38. The average molecular weight is 826 g/mol. The monoisotopic (exact) mass is 825 g/mol. The number of nitrogens with zero attached hydrogens (tertiary/aromatic N) is 1. The number of rotatable bonds is 8. The van der Waals surface area contributed by atoms with Crippen molar-refractivity contribution in [1.82, 2.24) is 0 Å². The van der Waals surface area contributed by atoms with Crippen LogP contribution in [0.1, 0.15) is 0 Å². The minimum Gasteiger partial charge on any atom is -0.311 e. The van der Waals surface area contributed by atoms with E-state index in [2.05, 4.69) is 266 Å². The van der Waals surface area contributed by atoms with Crippen molar-refractivity contribution in [3.8, 4) is 55.6 Å². The molecule has 0 N–H and O–H groups in total. The maximum Gasteiger partial charge on any atom is 0.0462 e. The Bertz CT molecular complexity index is 3660. The van der Waals surface area contributed by atoms with E-state index in [4.69, 9.17) is 0 Å². The van der Waals surface area contributed by atoms with Crippen molar-refractivity contribution in [2.24, 2.45) is 0 Å². The summed E-state index contributed by atoms with van der Waals surface area (Å²) in [5, 5.41) is 10.1. The lowest BCUT2D eigenvalue weighted by atomic mass is 9.89. The predicted molar refractivity (Wildman–Crippen MR) is 278 cm³/mol. The van der Waals surface area contributed by atoms with Crippen LogP contribution in [0.25, 0.3) is 98.7 Å². The molecule has 0 aliphatic heterocycles. The molecule has 0 amide bonds. The molecule has 0 fully saturated rings. The van der Waals surface area contributed by atoms with E-state index in [-0.39, 0.29) is 0 Å². The highest BCUT2D eigenvalue weighted by atomic mass is 15.1. The molecular formula is C64H43N. The fraction of sp³-hybridized carbons (Fsp3) is 0. The number of hydrogen-bond acceptors (Lipinski definition) is 1. The molecule has 0 bridgehead atoms. The Labute approximate surface area is 379 Å². The van der Waals surface area contributed by atoms with Crippen LogP contribution in [0, 0.1) is 0 Å². The van der Waals surface area contributed by atoms with E-state index in [0.717, 1.165) is 17.1 Å². The summed E-state index contributed by atoms with van der Waals surface area (Å²) in [5.41, 5.74) is 15.4. The fourth-order valence-corrected chi connectivity index (χ4v) is 9.87. The Morgan fingerprint density at radius 2 is 0.631 bits per heavy atom. The summed E-state index contributed by atoms with van der Waals surface area (Å²) in [7, 11) is 0. The first kappa shape index (κ1) is 38.2. The van der Waals surface area contributed by atoms with Crippen LogP contribution in [0.3, 0.4) is 0 Å². The molecular weight excluding hydrogens is 783 g/mol. The molecule has 0 aromatic heterocycles. The second kappa shape index (κ2) is 16.3. The van der Waals surface area contributed by atoms with E-state index in [0.29, 0.717) is 0 Å². The van der Waals surface area contributed by atoms with Gasteiger partial charge in [-0.1, -0.05) is 218 Å². The van der Waals surface area contributed by atoms with Crippen molar-refractivity contribution in [3.63, 3.8) is 0 Å². The number of fused-ring (bicyclic) bond motifs is 5. The highest BCUT2D eigenvalue weighted by molar-refractivity contribution is 6.14. The number of hydrogen-bond donors (Lipinski definition) is 0. The van der Waals surface area contributed by atoms with Crippen LogP contribution in [-0.4, -0.2) is 0 Å². The van der Waals surface area contributed by atoms with Crippen LogP contribution < -0.4 is 4.90 Å². The molecule has 0 saturated heterocycles. The first-order valence-corrected chi connectivity index (χ1v) is 22.4. The van der Waals surface area contributed by atoms with Gasteiger partial charge in [0.25, 0.3) is 0 Å². The quantitative estimate of drug-likeness (QED) is 0.138. The second-order valence-corrected chi connectivity index (χ2v) is 16.8. The van der Waals surface area contributed by atoms with Gasteiger partial charge in [-0.15, -0.1) is 0 Å². The maximum atomic E-state index is 2.38. The summed E-state index contributed by atoms with van der Waals surface area (Å²) in [6.07, 6.45) is 0. The molecule has 0 unspecified atom stereocenters. The molecule has 1 heteroatoms. The summed E-state index contributed by atoms with van der Waals surface area (Å²) in [6.45, 7) is 0. The van der Waals surface area contributed by atoms with Crippen molar-refractivity contribution in [3.05, 3.63) is 261 Å². The van der Waals surface area contributed by atoms with E-state index in [9.17, 15) is 0 Å². The van der Waals surface area contributed by atoms with Crippen LogP contribution in [0.2, 0.25) is 0 Å². The Morgan fingerprint density at radius 3 is 1.29 bits per heavy atom. The van der Waals surface area contributed by atoms with E-state index in [1.807, 2.05) is 0 Å². The Balaban J connectivity index is 0.939. The second-order valence-electron chi connectivity index (χ2n) is 16.8. The Morgan fingerprint density at radius 1 is 0.200 bits per heavy atom. The first-order chi connectivity index (χ1) is 32.2. The van der Waals surface area contributed by atoms with Crippen molar-refractivity contribution in [1.29, 1.82) is 0 Å². The molecule has 1 nitrogen and oxygen atoms in total. The third-order valence-electron chi connectivity index (χ3n) is 13.1. The lowest BCUT2D eigenvalue weighted by Crippen LogP contribution is -2.09. The largest absolute Gasteiger partial charge is 0.311 e. The van der Waals surface area contributed by atoms with Crippen LogP contribution in [0.5, 0.6) is 0 Å². The van der Waals surface area contributed by atoms with Gasteiger partial charge in [-0.3, -0.25) is 0 Å². The van der Waals surface area contributed by atoms with Gasteiger partial charge in [0.1, 0.15) is 0 Å². The molecule has 0 radical (unpaired) electrons. The zero-order valence-corrected chi connectivity index (χ0v) is 35.8. The molecule has 0 saturated carbocycles. The van der Waals surface area contributed by atoms with Crippen molar-refractivity contribution in [2.75, 3.05) is 4.90 Å². The summed E-state index contributed by atoms with van der Waals surface area (Å²) < 4.78 is 0. The van der Waals surface area contributed by atoms with Gasteiger partial charge in [-0.2, -0.15) is 0 Å². The topological polar surface area (TPSA) is 3.24 Å². The van der Waals surface area contributed by atoms with Crippen LogP contribution in [-0.2, 0) is 0 Å². The third-order valence-corrected chi connectivity index (χ3v) is 13.1. The van der Waals surface area contributed by atoms with E-state index < -0.39 is 0 Å². The van der Waals surface area contributed by atoms with Crippen molar-refractivity contribution in [2.45, 2.75) is 0 Å². The SMILES string of the molecule is c1ccc(-c2ccc3ccccc3c2-c2ccc(N(c3ccc(-c4ccc(-c5cccc6ccccc56)cc4)cc3)c3ccc(-c4cc5ccccc5c5ccccc45)cc3)cc2)cc1. The van der Waals surface area contributed by atoms with Crippen molar-refractivity contribution >= 4 is 60.2 Å². The van der Waals surface area contributed by atoms with Crippen LogP contribution in [0.15, 0.2) is 261 Å². The van der Waals surface area contributed by atoms with Gasteiger partial charge in [-0.25, -0.2) is 0 Å². The first-order valence-electron chi connectivity index (χ1n) is 22.4. The minimum absolute atomic E-state index is 1.09. The highest BCUT2D eigenvalue weighted by Crippen LogP contribution is 2.43. The predicted octanol–water partition coefficient (Wildman–Crippen LogP) is 18.1.